The number of hydrogen-bond donors (Lipinski definition) is 2. The standard InChI is InChI=1S/C13H17N3OS/c1-9(2)14-7-12(17)15-8-13-16-10-5-3-4-6-11(10)18-13/h3-6,9,14H,7-8H2,1-2H3,(H,15,17). The number of amides is 1. The third-order valence-electron chi connectivity index (χ3n) is 2.45. The largest absolute Gasteiger partial charge is 0.348 e. The van der Waals surface area contributed by atoms with Gasteiger partial charge in [0, 0.05) is 6.04 Å². The van der Waals surface area contributed by atoms with Gasteiger partial charge in [0.2, 0.25) is 5.91 Å². The minimum Gasteiger partial charge on any atom is -0.348 e. The second-order valence-electron chi connectivity index (χ2n) is 4.39. The van der Waals surface area contributed by atoms with Crippen molar-refractivity contribution < 1.29 is 4.79 Å². The molecule has 0 unspecified atom stereocenters. The minimum atomic E-state index is 0.00274. The third-order valence-corrected chi connectivity index (χ3v) is 3.48. The molecular weight excluding hydrogens is 246 g/mol. The number of benzene rings is 1. The molecule has 2 N–H and O–H groups in total. The van der Waals surface area contributed by atoms with Crippen molar-refractivity contribution in [3.63, 3.8) is 0 Å². The fourth-order valence-electron chi connectivity index (χ4n) is 1.53. The van der Waals surface area contributed by atoms with Crippen molar-refractivity contribution in [3.05, 3.63) is 29.3 Å². The molecule has 0 fully saturated rings. The number of carbonyl (C=O) groups excluding carboxylic acids is 1. The first-order chi connectivity index (χ1) is 8.65. The van der Waals surface area contributed by atoms with Gasteiger partial charge in [0.05, 0.1) is 23.3 Å². The fourth-order valence-corrected chi connectivity index (χ4v) is 2.44. The molecule has 18 heavy (non-hydrogen) atoms. The van der Waals surface area contributed by atoms with Crippen LogP contribution in [0.15, 0.2) is 24.3 Å². The first kappa shape index (κ1) is 13.0. The topological polar surface area (TPSA) is 54.0 Å². The van der Waals surface area contributed by atoms with Crippen molar-refractivity contribution in [1.29, 1.82) is 0 Å². The maximum atomic E-state index is 11.5. The SMILES string of the molecule is CC(C)NCC(=O)NCc1nc2ccccc2s1. The molecule has 0 saturated heterocycles. The molecule has 0 bridgehead atoms. The zero-order chi connectivity index (χ0) is 13.0. The van der Waals surface area contributed by atoms with E-state index in [-0.39, 0.29) is 5.91 Å². The zero-order valence-electron chi connectivity index (χ0n) is 10.6. The van der Waals surface area contributed by atoms with Gasteiger partial charge in [0.15, 0.2) is 0 Å². The lowest BCUT2D eigenvalue weighted by atomic mass is 10.3. The first-order valence-electron chi connectivity index (χ1n) is 5.99. The second kappa shape index (κ2) is 5.93. The molecule has 96 valence electrons. The van der Waals surface area contributed by atoms with Crippen LogP contribution in [0.2, 0.25) is 0 Å². The van der Waals surface area contributed by atoms with Gasteiger partial charge < -0.3 is 10.6 Å². The smallest absolute Gasteiger partial charge is 0.234 e. The van der Waals surface area contributed by atoms with Crippen LogP contribution in [0.25, 0.3) is 10.2 Å². The van der Waals surface area contributed by atoms with Gasteiger partial charge in [-0.05, 0) is 12.1 Å². The van der Waals surface area contributed by atoms with Gasteiger partial charge in [-0.1, -0.05) is 26.0 Å². The summed E-state index contributed by atoms with van der Waals surface area (Å²) in [5.41, 5.74) is 0.993. The number of fused-ring (bicyclic) bond motifs is 1. The molecule has 0 aliphatic rings. The summed E-state index contributed by atoms with van der Waals surface area (Å²) in [7, 11) is 0. The Bertz CT molecular complexity index is 503. The molecule has 1 heterocycles. The number of carbonyl (C=O) groups is 1. The van der Waals surface area contributed by atoms with E-state index in [0.29, 0.717) is 19.1 Å². The van der Waals surface area contributed by atoms with E-state index in [2.05, 4.69) is 15.6 Å². The number of nitrogens with one attached hydrogen (secondary N) is 2. The van der Waals surface area contributed by atoms with E-state index in [1.54, 1.807) is 11.3 Å². The lowest BCUT2D eigenvalue weighted by Crippen LogP contribution is -2.36. The molecule has 2 rings (SSSR count). The third kappa shape index (κ3) is 3.51. The van der Waals surface area contributed by atoms with Crippen LogP contribution in [0.1, 0.15) is 18.9 Å². The average Bonchev–Trinajstić information content (AvgIpc) is 2.76. The van der Waals surface area contributed by atoms with Crippen LogP contribution in [0, 0.1) is 0 Å². The predicted molar refractivity (Wildman–Crippen MR) is 74.6 cm³/mol. The van der Waals surface area contributed by atoms with Gasteiger partial charge in [-0.2, -0.15) is 0 Å². The molecule has 5 heteroatoms. The van der Waals surface area contributed by atoms with Gasteiger partial charge in [-0.25, -0.2) is 4.98 Å². The van der Waals surface area contributed by atoms with E-state index >= 15 is 0 Å². The van der Waals surface area contributed by atoms with E-state index in [9.17, 15) is 4.79 Å². The molecule has 0 spiro atoms. The van der Waals surface area contributed by atoms with Gasteiger partial charge in [-0.15, -0.1) is 11.3 Å². The summed E-state index contributed by atoms with van der Waals surface area (Å²) < 4.78 is 1.15. The summed E-state index contributed by atoms with van der Waals surface area (Å²) in [4.78, 5) is 16.0. The van der Waals surface area contributed by atoms with E-state index in [1.165, 1.54) is 0 Å². The summed E-state index contributed by atoms with van der Waals surface area (Å²) in [5.74, 6) is 0.00274. The number of thiazole rings is 1. The summed E-state index contributed by atoms with van der Waals surface area (Å²) >= 11 is 1.62. The van der Waals surface area contributed by atoms with Crippen molar-refractivity contribution in [3.8, 4) is 0 Å². The second-order valence-corrected chi connectivity index (χ2v) is 5.50. The van der Waals surface area contributed by atoms with Crippen molar-refractivity contribution in [2.45, 2.75) is 26.4 Å². The van der Waals surface area contributed by atoms with Gasteiger partial charge in [-0.3, -0.25) is 4.79 Å². The Kier molecular flexibility index (Phi) is 4.28. The maximum absolute atomic E-state index is 11.5. The van der Waals surface area contributed by atoms with Crippen LogP contribution >= 0.6 is 11.3 Å². The highest BCUT2D eigenvalue weighted by molar-refractivity contribution is 7.18. The Balaban J connectivity index is 1.88. The average molecular weight is 263 g/mol. The monoisotopic (exact) mass is 263 g/mol. The Morgan fingerprint density at radius 2 is 2.17 bits per heavy atom. The first-order valence-corrected chi connectivity index (χ1v) is 6.81. The normalized spacial score (nSPS) is 11.1. The van der Waals surface area contributed by atoms with Crippen molar-refractivity contribution in [2.24, 2.45) is 0 Å². The van der Waals surface area contributed by atoms with Crippen molar-refractivity contribution >= 4 is 27.5 Å². The van der Waals surface area contributed by atoms with Crippen molar-refractivity contribution in [2.75, 3.05) is 6.54 Å². The Morgan fingerprint density at radius 1 is 1.39 bits per heavy atom. The van der Waals surface area contributed by atoms with Gasteiger partial charge in [0.1, 0.15) is 5.01 Å². The molecule has 1 aromatic carbocycles. The van der Waals surface area contributed by atoms with E-state index < -0.39 is 0 Å². The summed E-state index contributed by atoms with van der Waals surface area (Å²) in [6.07, 6.45) is 0. The summed E-state index contributed by atoms with van der Waals surface area (Å²) in [6, 6.07) is 8.31. The van der Waals surface area contributed by atoms with Crippen LogP contribution in [0.3, 0.4) is 0 Å². The minimum absolute atomic E-state index is 0.00274. The lowest BCUT2D eigenvalue weighted by Gasteiger charge is -2.07. The highest BCUT2D eigenvalue weighted by atomic mass is 32.1. The highest BCUT2D eigenvalue weighted by Gasteiger charge is 2.05. The number of nitrogens with zero attached hydrogens (tertiary/aromatic N) is 1. The molecule has 0 saturated carbocycles. The van der Waals surface area contributed by atoms with Crippen LogP contribution in [-0.2, 0) is 11.3 Å². The maximum Gasteiger partial charge on any atom is 0.234 e. The fraction of sp³-hybridized carbons (Fsp3) is 0.385. The van der Waals surface area contributed by atoms with Crippen LogP contribution in [-0.4, -0.2) is 23.5 Å². The Morgan fingerprint density at radius 3 is 2.89 bits per heavy atom. The lowest BCUT2D eigenvalue weighted by molar-refractivity contribution is -0.120. The van der Waals surface area contributed by atoms with Crippen LogP contribution in [0.4, 0.5) is 0 Å². The molecule has 4 nitrogen and oxygen atoms in total. The predicted octanol–water partition coefficient (Wildman–Crippen LogP) is 1.91. The number of aromatic nitrogens is 1. The molecule has 0 radical (unpaired) electrons. The highest BCUT2D eigenvalue weighted by Crippen LogP contribution is 2.21. The molecule has 1 amide bonds. The molecule has 2 aromatic rings. The molecule has 0 aliphatic carbocycles. The van der Waals surface area contributed by atoms with E-state index in [1.807, 2.05) is 38.1 Å². The molecule has 1 aromatic heterocycles. The number of rotatable bonds is 5. The van der Waals surface area contributed by atoms with Gasteiger partial charge >= 0.3 is 0 Å². The summed E-state index contributed by atoms with van der Waals surface area (Å²) in [6.45, 7) is 4.88. The number of hydrogen-bond acceptors (Lipinski definition) is 4. The molecular formula is C13H17N3OS. The Labute approximate surface area is 110 Å². The number of para-hydroxylation sites is 1. The Hall–Kier alpha value is -1.46. The molecule has 0 atom stereocenters. The van der Waals surface area contributed by atoms with Crippen LogP contribution in [0.5, 0.6) is 0 Å². The van der Waals surface area contributed by atoms with Crippen LogP contribution < -0.4 is 10.6 Å². The van der Waals surface area contributed by atoms with Crippen molar-refractivity contribution in [1.82, 2.24) is 15.6 Å². The van der Waals surface area contributed by atoms with E-state index in [4.69, 9.17) is 0 Å². The molecule has 0 aliphatic heterocycles. The zero-order valence-corrected chi connectivity index (χ0v) is 11.4. The van der Waals surface area contributed by atoms with E-state index in [0.717, 1.165) is 15.2 Å². The van der Waals surface area contributed by atoms with Gasteiger partial charge in [0.25, 0.3) is 0 Å². The quantitative estimate of drug-likeness (QED) is 0.866. The summed E-state index contributed by atoms with van der Waals surface area (Å²) in [5, 5.41) is 6.88.